The molecule has 0 atom stereocenters. The Hall–Kier alpha value is -1.67. The summed E-state index contributed by atoms with van der Waals surface area (Å²) in [6.45, 7) is 4.19. The summed E-state index contributed by atoms with van der Waals surface area (Å²) < 4.78 is 7.27. The van der Waals surface area contributed by atoms with Gasteiger partial charge in [0.2, 0.25) is 0 Å². The van der Waals surface area contributed by atoms with Crippen LogP contribution in [0.15, 0.2) is 33.5 Å². The molecule has 0 aliphatic rings. The highest BCUT2D eigenvalue weighted by atomic mass is 32.2. The molecule has 0 spiro atoms. The summed E-state index contributed by atoms with van der Waals surface area (Å²) >= 11 is 3.14. The Kier molecular flexibility index (Phi) is 3.83. The van der Waals surface area contributed by atoms with Crippen LogP contribution in [0.3, 0.4) is 0 Å². The van der Waals surface area contributed by atoms with Crippen molar-refractivity contribution >= 4 is 23.1 Å². The van der Waals surface area contributed by atoms with Crippen molar-refractivity contribution in [3.8, 4) is 10.8 Å². The molecule has 0 saturated carbocycles. The molecule has 104 valence electrons. The van der Waals surface area contributed by atoms with Gasteiger partial charge in [0.05, 0.1) is 10.6 Å². The normalized spacial score (nSPS) is 11.3. The fourth-order valence-electron chi connectivity index (χ4n) is 1.63. The van der Waals surface area contributed by atoms with E-state index in [4.69, 9.17) is 4.52 Å². The van der Waals surface area contributed by atoms with Gasteiger partial charge in [-0.15, -0.1) is 21.5 Å². The van der Waals surface area contributed by atoms with Crippen LogP contribution in [0.5, 0.6) is 0 Å². The molecule has 0 radical (unpaired) electrons. The molecule has 0 aliphatic heterocycles. The molecule has 3 heterocycles. The van der Waals surface area contributed by atoms with Crippen molar-refractivity contribution in [1.29, 1.82) is 0 Å². The topological polar surface area (TPSA) is 69.6 Å². The second-order valence-corrected chi connectivity index (χ2v) is 6.29. The Balaban J connectivity index is 1.68. The Morgan fingerprint density at radius 1 is 1.45 bits per heavy atom. The number of nitrogens with zero attached hydrogens (tertiary/aromatic N) is 5. The molecule has 6 nitrogen and oxygen atoms in total. The second-order valence-electron chi connectivity index (χ2n) is 4.40. The molecule has 0 saturated heterocycles. The molecule has 3 rings (SSSR count). The lowest BCUT2D eigenvalue weighted by Gasteiger charge is -2.07. The van der Waals surface area contributed by atoms with Crippen LogP contribution in [0.25, 0.3) is 10.8 Å². The fourth-order valence-corrected chi connectivity index (χ4v) is 3.16. The van der Waals surface area contributed by atoms with E-state index >= 15 is 0 Å². The molecule has 0 aliphatic carbocycles. The van der Waals surface area contributed by atoms with E-state index in [1.54, 1.807) is 29.4 Å². The van der Waals surface area contributed by atoms with Crippen molar-refractivity contribution in [3.63, 3.8) is 0 Å². The minimum Gasteiger partial charge on any atom is -0.333 e. The number of hydrogen-bond donors (Lipinski definition) is 0. The number of hydrogen-bond acceptors (Lipinski definition) is 7. The van der Waals surface area contributed by atoms with Gasteiger partial charge in [-0.25, -0.2) is 0 Å². The Morgan fingerprint density at radius 3 is 3.10 bits per heavy atom. The first kappa shape index (κ1) is 13.3. The molecule has 0 unspecified atom stereocenters. The van der Waals surface area contributed by atoms with Crippen LogP contribution < -0.4 is 0 Å². The molecule has 20 heavy (non-hydrogen) atoms. The van der Waals surface area contributed by atoms with Crippen LogP contribution in [0.4, 0.5) is 0 Å². The van der Waals surface area contributed by atoms with E-state index in [1.807, 2.05) is 22.1 Å². The summed E-state index contributed by atoms with van der Waals surface area (Å²) in [5, 5.41) is 14.9. The first-order valence-corrected chi connectivity index (χ1v) is 7.99. The van der Waals surface area contributed by atoms with Crippen LogP contribution in [0, 0.1) is 0 Å². The maximum atomic E-state index is 5.25. The Labute approximate surface area is 124 Å². The highest BCUT2D eigenvalue weighted by molar-refractivity contribution is 7.98. The molecule has 8 heteroatoms. The van der Waals surface area contributed by atoms with Gasteiger partial charge in [-0.2, -0.15) is 4.98 Å². The zero-order chi connectivity index (χ0) is 13.9. The molecular weight excluding hydrogens is 294 g/mol. The zero-order valence-corrected chi connectivity index (χ0v) is 12.7. The lowest BCUT2D eigenvalue weighted by Crippen LogP contribution is -2.01. The number of thioether (sulfide) groups is 1. The Bertz CT molecular complexity index is 674. The highest BCUT2D eigenvalue weighted by Gasteiger charge is 2.12. The van der Waals surface area contributed by atoms with Gasteiger partial charge >= 0.3 is 0 Å². The lowest BCUT2D eigenvalue weighted by atomic mass is 10.4. The van der Waals surface area contributed by atoms with Crippen molar-refractivity contribution in [2.24, 2.45) is 0 Å². The van der Waals surface area contributed by atoms with Gasteiger partial charge < -0.3 is 9.09 Å². The van der Waals surface area contributed by atoms with E-state index in [0.717, 1.165) is 10.0 Å². The lowest BCUT2D eigenvalue weighted by molar-refractivity contribution is 0.426. The average molecular weight is 307 g/mol. The predicted molar refractivity (Wildman–Crippen MR) is 77.6 cm³/mol. The van der Waals surface area contributed by atoms with Crippen molar-refractivity contribution in [3.05, 3.63) is 29.7 Å². The van der Waals surface area contributed by atoms with E-state index < -0.39 is 0 Å². The molecule has 3 aromatic heterocycles. The largest absolute Gasteiger partial charge is 0.333 e. The average Bonchev–Trinajstić information content (AvgIpc) is 3.16. The summed E-state index contributed by atoms with van der Waals surface area (Å²) in [6, 6.07) is 4.26. The van der Waals surface area contributed by atoms with Crippen LogP contribution in [0.2, 0.25) is 0 Å². The maximum absolute atomic E-state index is 5.25. The number of aromatic nitrogens is 5. The maximum Gasteiger partial charge on any atom is 0.268 e. The molecule has 0 bridgehead atoms. The third-order valence-corrected chi connectivity index (χ3v) is 4.44. The molecule has 3 aromatic rings. The third kappa shape index (κ3) is 2.75. The fraction of sp³-hybridized carbons (Fsp3) is 0.333. The van der Waals surface area contributed by atoms with Crippen molar-refractivity contribution in [2.45, 2.75) is 30.8 Å². The minimum absolute atomic E-state index is 0.333. The van der Waals surface area contributed by atoms with Crippen LogP contribution in [0.1, 0.15) is 25.7 Å². The van der Waals surface area contributed by atoms with E-state index in [0.29, 0.717) is 23.5 Å². The quantitative estimate of drug-likeness (QED) is 0.674. The van der Waals surface area contributed by atoms with Gasteiger partial charge in [0.25, 0.3) is 5.89 Å². The monoisotopic (exact) mass is 307 g/mol. The predicted octanol–water partition coefficient (Wildman–Crippen LogP) is 3.26. The van der Waals surface area contributed by atoms with Crippen LogP contribution >= 0.6 is 23.1 Å². The van der Waals surface area contributed by atoms with Crippen LogP contribution in [-0.4, -0.2) is 24.9 Å². The van der Waals surface area contributed by atoms with E-state index in [9.17, 15) is 0 Å². The standard InChI is InChI=1S/C12H13N5OS2/c1-8(2)17-7-13-15-12(17)20-6-10-14-11(18-16-10)9-4-3-5-19-9/h3-5,7-8H,6H2,1-2H3. The highest BCUT2D eigenvalue weighted by Crippen LogP contribution is 2.25. The molecule has 0 fully saturated rings. The SMILES string of the molecule is CC(C)n1cnnc1SCc1noc(-c2cccs2)n1. The van der Waals surface area contributed by atoms with E-state index in [-0.39, 0.29) is 0 Å². The number of thiophene rings is 1. The van der Waals surface area contributed by atoms with Crippen molar-refractivity contribution < 1.29 is 4.52 Å². The number of rotatable bonds is 5. The van der Waals surface area contributed by atoms with Gasteiger partial charge in [-0.1, -0.05) is 23.0 Å². The molecular formula is C12H13N5OS2. The summed E-state index contributed by atoms with van der Waals surface area (Å²) in [7, 11) is 0. The molecule has 0 amide bonds. The molecule has 0 aromatic carbocycles. The Morgan fingerprint density at radius 2 is 2.35 bits per heavy atom. The minimum atomic E-state index is 0.333. The third-order valence-electron chi connectivity index (χ3n) is 2.63. The summed E-state index contributed by atoms with van der Waals surface area (Å²) in [6.07, 6.45) is 1.74. The smallest absolute Gasteiger partial charge is 0.268 e. The molecule has 0 N–H and O–H groups in total. The van der Waals surface area contributed by atoms with E-state index in [2.05, 4.69) is 34.2 Å². The van der Waals surface area contributed by atoms with Crippen molar-refractivity contribution in [2.75, 3.05) is 0 Å². The van der Waals surface area contributed by atoms with Gasteiger partial charge in [0, 0.05) is 6.04 Å². The van der Waals surface area contributed by atoms with Gasteiger partial charge in [0.15, 0.2) is 11.0 Å². The first-order valence-electron chi connectivity index (χ1n) is 6.13. The van der Waals surface area contributed by atoms with E-state index in [1.165, 1.54) is 0 Å². The van der Waals surface area contributed by atoms with Crippen molar-refractivity contribution in [1.82, 2.24) is 24.9 Å². The van der Waals surface area contributed by atoms with Gasteiger partial charge in [-0.3, -0.25) is 0 Å². The summed E-state index contributed by atoms with van der Waals surface area (Å²) in [4.78, 5) is 5.37. The summed E-state index contributed by atoms with van der Waals surface area (Å²) in [5.74, 6) is 1.85. The zero-order valence-electron chi connectivity index (χ0n) is 11.1. The summed E-state index contributed by atoms with van der Waals surface area (Å²) in [5.41, 5.74) is 0. The second kappa shape index (κ2) is 5.76. The first-order chi connectivity index (χ1) is 9.74. The van der Waals surface area contributed by atoms with Gasteiger partial charge in [0.1, 0.15) is 6.33 Å². The van der Waals surface area contributed by atoms with Crippen LogP contribution in [-0.2, 0) is 5.75 Å². The van der Waals surface area contributed by atoms with Gasteiger partial charge in [-0.05, 0) is 25.3 Å².